The highest BCUT2D eigenvalue weighted by Gasteiger charge is 2.56. The lowest BCUT2D eigenvalue weighted by molar-refractivity contribution is -0.145. The monoisotopic (exact) mass is 406 g/mol. The van der Waals surface area contributed by atoms with Gasteiger partial charge >= 0.3 is 0 Å². The zero-order valence-corrected chi connectivity index (χ0v) is 18.7. The van der Waals surface area contributed by atoms with Gasteiger partial charge in [0.15, 0.2) is 5.96 Å². The van der Waals surface area contributed by atoms with Crippen LogP contribution >= 0.6 is 0 Å². The Kier molecular flexibility index (Phi) is 7.02. The second-order valence-corrected chi connectivity index (χ2v) is 9.63. The molecule has 0 amide bonds. The molecule has 166 valence electrons. The average Bonchev–Trinajstić information content (AvgIpc) is 3.32. The number of hydrogen-bond donors (Lipinski definition) is 2. The molecule has 4 fully saturated rings. The lowest BCUT2D eigenvalue weighted by atomic mass is 9.55. The summed E-state index contributed by atoms with van der Waals surface area (Å²) in [5, 5.41) is 7.53. The van der Waals surface area contributed by atoms with Crippen LogP contribution in [-0.4, -0.2) is 75.0 Å². The van der Waals surface area contributed by atoms with Crippen LogP contribution in [0.5, 0.6) is 0 Å². The van der Waals surface area contributed by atoms with Gasteiger partial charge in [-0.15, -0.1) is 0 Å². The Balaban J connectivity index is 1.37. The molecule has 0 aromatic heterocycles. The topological polar surface area (TPSA) is 58.1 Å². The van der Waals surface area contributed by atoms with Crippen LogP contribution in [0.4, 0.5) is 0 Å². The van der Waals surface area contributed by atoms with Crippen LogP contribution in [0.15, 0.2) is 4.99 Å². The van der Waals surface area contributed by atoms with Gasteiger partial charge in [0.2, 0.25) is 0 Å². The first kappa shape index (κ1) is 21.4. The molecule has 1 spiro atoms. The highest BCUT2D eigenvalue weighted by atomic mass is 16.5. The number of rotatable bonds is 6. The van der Waals surface area contributed by atoms with Crippen molar-refractivity contribution in [1.82, 2.24) is 15.5 Å². The van der Waals surface area contributed by atoms with E-state index in [2.05, 4.69) is 27.4 Å². The number of nitrogens with one attached hydrogen (secondary N) is 2. The molecule has 2 N–H and O–H groups in total. The number of hydrogen-bond acceptors (Lipinski definition) is 4. The lowest BCUT2D eigenvalue weighted by Crippen LogP contribution is -2.67. The Bertz CT molecular complexity index is 549. The van der Waals surface area contributed by atoms with Crippen molar-refractivity contribution >= 4 is 5.96 Å². The fraction of sp³-hybridized carbons (Fsp3) is 0.957. The minimum Gasteiger partial charge on any atom is -0.381 e. The minimum absolute atomic E-state index is 0.225. The number of ether oxygens (including phenoxy) is 2. The molecule has 4 rings (SSSR count). The van der Waals surface area contributed by atoms with E-state index in [4.69, 9.17) is 9.47 Å². The minimum atomic E-state index is 0.225. The summed E-state index contributed by atoms with van der Waals surface area (Å²) >= 11 is 0. The first-order valence-electron chi connectivity index (χ1n) is 12.1. The summed E-state index contributed by atoms with van der Waals surface area (Å²) in [6.07, 6.45) is 13.1. The van der Waals surface area contributed by atoms with Gasteiger partial charge in [-0.05, 0) is 65.0 Å². The summed E-state index contributed by atoms with van der Waals surface area (Å²) in [5.41, 5.74) is 0.541. The third-order valence-electron chi connectivity index (χ3n) is 8.26. The molecule has 0 radical (unpaired) electrons. The molecule has 2 unspecified atom stereocenters. The van der Waals surface area contributed by atoms with E-state index in [0.717, 1.165) is 51.6 Å². The fourth-order valence-corrected chi connectivity index (χ4v) is 6.42. The smallest absolute Gasteiger partial charge is 0.191 e. The molecule has 2 saturated carbocycles. The van der Waals surface area contributed by atoms with E-state index in [1.54, 1.807) is 0 Å². The fourth-order valence-electron chi connectivity index (χ4n) is 6.42. The van der Waals surface area contributed by atoms with Gasteiger partial charge in [-0.25, -0.2) is 0 Å². The third kappa shape index (κ3) is 4.31. The summed E-state index contributed by atoms with van der Waals surface area (Å²) in [6, 6.07) is 0.489. The van der Waals surface area contributed by atoms with Gasteiger partial charge < -0.3 is 20.1 Å². The van der Waals surface area contributed by atoms with E-state index in [1.807, 2.05) is 7.05 Å². The summed E-state index contributed by atoms with van der Waals surface area (Å²) in [4.78, 5) is 7.32. The Morgan fingerprint density at radius 1 is 1.07 bits per heavy atom. The second kappa shape index (κ2) is 9.52. The van der Waals surface area contributed by atoms with Crippen LogP contribution in [0, 0.1) is 5.41 Å². The van der Waals surface area contributed by atoms with Crippen LogP contribution in [-0.2, 0) is 9.47 Å². The molecule has 0 aromatic rings. The van der Waals surface area contributed by atoms with Gasteiger partial charge in [0, 0.05) is 50.4 Å². The summed E-state index contributed by atoms with van der Waals surface area (Å²) in [6.45, 7) is 8.14. The van der Waals surface area contributed by atoms with E-state index in [0.29, 0.717) is 17.6 Å². The molecule has 6 heteroatoms. The van der Waals surface area contributed by atoms with Crippen molar-refractivity contribution in [2.45, 2.75) is 88.8 Å². The Hall–Kier alpha value is -0.850. The standard InChI is InChI=1S/C23H42N4O2/c1-3-29-20-17-19(23(20)9-5-4-6-10-23)26-21(24-2)25-18-22(11-15-28-16-12-22)27-13-7-8-14-27/h19-20H,3-18H2,1-2H3,(H2,24,25,26). The van der Waals surface area contributed by atoms with E-state index < -0.39 is 0 Å². The van der Waals surface area contributed by atoms with Crippen LogP contribution in [0.3, 0.4) is 0 Å². The maximum Gasteiger partial charge on any atom is 0.191 e. The van der Waals surface area contributed by atoms with E-state index in [9.17, 15) is 0 Å². The van der Waals surface area contributed by atoms with E-state index >= 15 is 0 Å². The molecule has 0 bridgehead atoms. The molecule has 6 nitrogen and oxygen atoms in total. The number of aliphatic imine (C=N–C) groups is 1. The molecule has 2 aliphatic heterocycles. The first-order valence-corrected chi connectivity index (χ1v) is 12.1. The van der Waals surface area contributed by atoms with Crippen molar-refractivity contribution in [2.24, 2.45) is 10.4 Å². The number of guanidine groups is 1. The van der Waals surface area contributed by atoms with Crippen molar-refractivity contribution in [1.29, 1.82) is 0 Å². The maximum absolute atomic E-state index is 6.13. The van der Waals surface area contributed by atoms with Crippen LogP contribution < -0.4 is 10.6 Å². The molecular weight excluding hydrogens is 364 g/mol. The molecular formula is C23H42N4O2. The van der Waals surface area contributed by atoms with Gasteiger partial charge in [0.25, 0.3) is 0 Å². The maximum atomic E-state index is 6.13. The Labute approximate surface area is 177 Å². The Morgan fingerprint density at radius 3 is 2.45 bits per heavy atom. The molecule has 2 heterocycles. The molecule has 2 saturated heterocycles. The molecule has 0 aromatic carbocycles. The predicted octanol–water partition coefficient (Wildman–Crippen LogP) is 2.92. The summed E-state index contributed by atoms with van der Waals surface area (Å²) in [5.74, 6) is 0.972. The Morgan fingerprint density at radius 2 is 1.79 bits per heavy atom. The van der Waals surface area contributed by atoms with Crippen molar-refractivity contribution in [2.75, 3.05) is 46.5 Å². The number of nitrogens with zero attached hydrogens (tertiary/aromatic N) is 2. The van der Waals surface area contributed by atoms with Crippen LogP contribution in [0.1, 0.15) is 71.1 Å². The van der Waals surface area contributed by atoms with Gasteiger partial charge in [0.1, 0.15) is 0 Å². The molecule has 4 aliphatic rings. The van der Waals surface area contributed by atoms with E-state index in [-0.39, 0.29) is 5.54 Å². The predicted molar refractivity (Wildman–Crippen MR) is 117 cm³/mol. The lowest BCUT2D eigenvalue weighted by Gasteiger charge is -2.58. The van der Waals surface area contributed by atoms with Gasteiger partial charge in [-0.2, -0.15) is 0 Å². The third-order valence-corrected chi connectivity index (χ3v) is 8.26. The number of likely N-dealkylation sites (tertiary alicyclic amines) is 1. The molecule has 29 heavy (non-hydrogen) atoms. The van der Waals surface area contributed by atoms with Crippen molar-refractivity contribution in [3.05, 3.63) is 0 Å². The SMILES string of the molecule is CCOC1CC(NC(=NC)NCC2(N3CCCC3)CCOCC2)C12CCCCC2. The van der Waals surface area contributed by atoms with Gasteiger partial charge in [0.05, 0.1) is 6.10 Å². The highest BCUT2D eigenvalue weighted by molar-refractivity contribution is 5.80. The zero-order valence-electron chi connectivity index (χ0n) is 18.7. The van der Waals surface area contributed by atoms with E-state index in [1.165, 1.54) is 58.0 Å². The molecule has 2 atom stereocenters. The highest BCUT2D eigenvalue weighted by Crippen LogP contribution is 2.53. The largest absolute Gasteiger partial charge is 0.381 e. The van der Waals surface area contributed by atoms with Crippen molar-refractivity contribution in [3.8, 4) is 0 Å². The van der Waals surface area contributed by atoms with Gasteiger partial charge in [-0.3, -0.25) is 9.89 Å². The summed E-state index contributed by atoms with van der Waals surface area (Å²) in [7, 11) is 1.91. The van der Waals surface area contributed by atoms with Crippen molar-refractivity contribution < 1.29 is 9.47 Å². The second-order valence-electron chi connectivity index (χ2n) is 9.63. The average molecular weight is 407 g/mol. The van der Waals surface area contributed by atoms with Crippen LogP contribution in [0.2, 0.25) is 0 Å². The molecule has 2 aliphatic carbocycles. The van der Waals surface area contributed by atoms with Gasteiger partial charge in [-0.1, -0.05) is 19.3 Å². The van der Waals surface area contributed by atoms with Crippen molar-refractivity contribution in [3.63, 3.8) is 0 Å². The van der Waals surface area contributed by atoms with Crippen LogP contribution in [0.25, 0.3) is 0 Å². The quantitative estimate of drug-likeness (QED) is 0.525. The summed E-state index contributed by atoms with van der Waals surface area (Å²) < 4.78 is 11.8. The normalized spacial score (nSPS) is 32.1. The first-order chi connectivity index (χ1) is 14.2. The zero-order chi connectivity index (χ0) is 20.2.